The summed E-state index contributed by atoms with van der Waals surface area (Å²) >= 11 is 0. The molecule has 0 bridgehead atoms. The van der Waals surface area contributed by atoms with E-state index in [2.05, 4.69) is 152 Å². The molecule has 0 radical (unpaired) electrons. The van der Waals surface area contributed by atoms with Crippen LogP contribution < -0.4 is 5.32 Å². The van der Waals surface area contributed by atoms with Gasteiger partial charge in [0.25, 0.3) is 0 Å². The number of para-hydroxylation sites is 1. The summed E-state index contributed by atoms with van der Waals surface area (Å²) in [5.74, 6) is 0.726. The van der Waals surface area contributed by atoms with E-state index in [1.807, 2.05) is 12.1 Å². The van der Waals surface area contributed by atoms with Crippen molar-refractivity contribution in [2.75, 3.05) is 0 Å². The van der Waals surface area contributed by atoms with Crippen LogP contribution in [0, 0.1) is 0 Å². The highest BCUT2D eigenvalue weighted by Crippen LogP contribution is 2.38. The zero-order chi connectivity index (χ0) is 35.8. The van der Waals surface area contributed by atoms with Gasteiger partial charge in [-0.3, -0.25) is 0 Å². The molecule has 0 aliphatic carbocycles. The zero-order valence-corrected chi connectivity index (χ0v) is 29.9. The standard InChI is InChI=1S/C50H35N3O/c1-30-13-23-44(35-20-22-39-34(27-35)21-24-46-48(39)42-10-4-5-12-45(42)54-46)52-50(53-49(30)41-11-6-8-31-7-2-3-9-38(31)41)36-18-15-32-14-16-33-17-19-37-29-51-26-25-40(37)47(33)43(32)28-36/h2-12,14-22,24-28,51H,13,23,29H2,1H3/b49-30+,52-44+,53-50-. The number of hydrogen-bond acceptors (Lipinski definition) is 4. The van der Waals surface area contributed by atoms with E-state index in [1.165, 1.54) is 59.8 Å². The van der Waals surface area contributed by atoms with Crippen LogP contribution in [-0.2, 0) is 6.54 Å². The van der Waals surface area contributed by atoms with Crippen molar-refractivity contribution >= 4 is 88.3 Å². The first-order chi connectivity index (χ1) is 26.7. The molecular formula is C50H35N3O. The van der Waals surface area contributed by atoms with Crippen LogP contribution in [0.2, 0.25) is 0 Å². The molecule has 0 spiro atoms. The van der Waals surface area contributed by atoms with Crippen LogP contribution >= 0.6 is 0 Å². The molecule has 0 saturated carbocycles. The number of allylic oxidation sites excluding steroid dienone is 1. The Labute approximate surface area is 312 Å². The van der Waals surface area contributed by atoms with Crippen LogP contribution in [-0.4, -0.2) is 11.5 Å². The van der Waals surface area contributed by atoms with E-state index >= 15 is 0 Å². The summed E-state index contributed by atoms with van der Waals surface area (Å²) in [5.41, 5.74) is 11.0. The van der Waals surface area contributed by atoms with Crippen LogP contribution in [0.5, 0.6) is 0 Å². The Bertz CT molecular complexity index is 3170. The largest absolute Gasteiger partial charge is 0.456 e. The summed E-state index contributed by atoms with van der Waals surface area (Å²) in [6.45, 7) is 3.06. The summed E-state index contributed by atoms with van der Waals surface area (Å²) in [6, 6.07) is 50.1. The molecule has 11 rings (SSSR count). The molecule has 3 heterocycles. The topological polar surface area (TPSA) is 49.9 Å². The van der Waals surface area contributed by atoms with Gasteiger partial charge in [-0.05, 0) is 122 Å². The van der Waals surface area contributed by atoms with Crippen molar-refractivity contribution in [3.8, 4) is 0 Å². The van der Waals surface area contributed by atoms with Gasteiger partial charge >= 0.3 is 0 Å². The highest BCUT2D eigenvalue weighted by atomic mass is 16.3. The molecule has 0 unspecified atom stereocenters. The van der Waals surface area contributed by atoms with Gasteiger partial charge in [-0.25, -0.2) is 9.98 Å². The maximum absolute atomic E-state index is 6.22. The molecule has 9 aromatic rings. The molecule has 0 fully saturated rings. The first-order valence-electron chi connectivity index (χ1n) is 18.7. The third-order valence-electron chi connectivity index (χ3n) is 11.4. The van der Waals surface area contributed by atoms with E-state index in [4.69, 9.17) is 14.4 Å². The Morgan fingerprint density at radius 3 is 2.30 bits per heavy atom. The second-order valence-corrected chi connectivity index (χ2v) is 14.6. The highest BCUT2D eigenvalue weighted by molar-refractivity contribution is 6.21. The van der Waals surface area contributed by atoms with Gasteiger partial charge in [0.2, 0.25) is 0 Å². The monoisotopic (exact) mass is 693 g/mol. The fourth-order valence-corrected chi connectivity index (χ4v) is 8.64. The van der Waals surface area contributed by atoms with E-state index < -0.39 is 0 Å². The quantitative estimate of drug-likeness (QED) is 0.187. The number of fused-ring (bicyclic) bond motifs is 11. The summed E-state index contributed by atoms with van der Waals surface area (Å²) in [5, 5.41) is 15.4. The number of nitrogens with zero attached hydrogens (tertiary/aromatic N) is 2. The maximum Gasteiger partial charge on any atom is 0.160 e. The number of furan rings is 1. The average molecular weight is 694 g/mol. The van der Waals surface area contributed by atoms with Gasteiger partial charge in [0.05, 0.1) is 11.4 Å². The third-order valence-corrected chi connectivity index (χ3v) is 11.4. The van der Waals surface area contributed by atoms with Gasteiger partial charge in [-0.2, -0.15) is 0 Å². The lowest BCUT2D eigenvalue weighted by atomic mass is 9.92. The van der Waals surface area contributed by atoms with E-state index in [9.17, 15) is 0 Å². The lowest BCUT2D eigenvalue weighted by molar-refractivity contribution is 0.669. The molecule has 54 heavy (non-hydrogen) atoms. The first-order valence-corrected chi connectivity index (χ1v) is 18.7. The summed E-state index contributed by atoms with van der Waals surface area (Å²) < 4.78 is 6.22. The minimum absolute atomic E-state index is 0.726. The van der Waals surface area contributed by atoms with Gasteiger partial charge < -0.3 is 9.73 Å². The molecule has 2 aliphatic heterocycles. The van der Waals surface area contributed by atoms with Gasteiger partial charge in [-0.1, -0.05) is 115 Å². The Morgan fingerprint density at radius 2 is 1.33 bits per heavy atom. The predicted octanol–water partition coefficient (Wildman–Crippen LogP) is 12.7. The predicted molar refractivity (Wildman–Crippen MR) is 227 cm³/mol. The Hall–Kier alpha value is -6.78. The molecule has 4 heteroatoms. The molecule has 2 aliphatic rings. The lowest BCUT2D eigenvalue weighted by Gasteiger charge is -2.19. The van der Waals surface area contributed by atoms with Crippen molar-refractivity contribution in [1.82, 2.24) is 5.32 Å². The molecule has 0 atom stereocenters. The second-order valence-electron chi connectivity index (χ2n) is 14.6. The van der Waals surface area contributed by atoms with E-state index in [0.717, 1.165) is 75.3 Å². The van der Waals surface area contributed by atoms with Crippen LogP contribution in [0.25, 0.3) is 76.8 Å². The summed E-state index contributed by atoms with van der Waals surface area (Å²) in [6.07, 6.45) is 5.92. The van der Waals surface area contributed by atoms with E-state index in [1.54, 1.807) is 0 Å². The molecule has 1 aromatic heterocycles. The van der Waals surface area contributed by atoms with Crippen molar-refractivity contribution in [3.05, 3.63) is 179 Å². The fraction of sp³-hybridized carbons (Fsp3) is 0.0800. The number of hydrogen-bond donors (Lipinski definition) is 1. The number of nitrogens with one attached hydrogen (secondary N) is 1. The molecule has 0 amide bonds. The molecule has 256 valence electrons. The third kappa shape index (κ3) is 4.91. The molecule has 0 saturated heterocycles. The zero-order valence-electron chi connectivity index (χ0n) is 29.9. The van der Waals surface area contributed by atoms with Crippen molar-refractivity contribution < 1.29 is 4.42 Å². The highest BCUT2D eigenvalue weighted by Gasteiger charge is 2.20. The maximum atomic E-state index is 6.22. The SMILES string of the molecule is C\C1=C(c2cccc3ccccc23)/N=C(c2ccc3ccc4ccc5c(c4c3c2)C=CNC5)\N=C(\c2ccc3c(ccc4oc5ccccc5c43)c2)CC1. The normalized spacial score (nSPS) is 18.0. The minimum atomic E-state index is 0.726. The van der Waals surface area contributed by atoms with E-state index in [-0.39, 0.29) is 0 Å². The van der Waals surface area contributed by atoms with Gasteiger partial charge in [0.15, 0.2) is 5.84 Å². The average Bonchev–Trinajstić information content (AvgIpc) is 3.61. The van der Waals surface area contributed by atoms with Crippen molar-refractivity contribution in [1.29, 1.82) is 0 Å². The molecule has 8 aromatic carbocycles. The van der Waals surface area contributed by atoms with Gasteiger partial charge in [-0.15, -0.1) is 0 Å². The number of rotatable bonds is 3. The Morgan fingerprint density at radius 1 is 0.556 bits per heavy atom. The Balaban J connectivity index is 1.13. The van der Waals surface area contributed by atoms with Crippen molar-refractivity contribution in [2.45, 2.75) is 26.3 Å². The van der Waals surface area contributed by atoms with Crippen LogP contribution in [0.4, 0.5) is 0 Å². The van der Waals surface area contributed by atoms with Crippen LogP contribution in [0.1, 0.15) is 47.6 Å². The number of aliphatic imine (C=N–C) groups is 2. The van der Waals surface area contributed by atoms with E-state index in [0.29, 0.717) is 0 Å². The summed E-state index contributed by atoms with van der Waals surface area (Å²) in [4.78, 5) is 11.1. The van der Waals surface area contributed by atoms with Crippen LogP contribution in [0.15, 0.2) is 166 Å². The van der Waals surface area contributed by atoms with Crippen molar-refractivity contribution in [3.63, 3.8) is 0 Å². The smallest absolute Gasteiger partial charge is 0.160 e. The minimum Gasteiger partial charge on any atom is -0.456 e. The van der Waals surface area contributed by atoms with Gasteiger partial charge in [0, 0.05) is 28.4 Å². The number of benzene rings is 8. The molecule has 4 nitrogen and oxygen atoms in total. The first kappa shape index (κ1) is 30.8. The molecule has 1 N–H and O–H groups in total. The number of amidine groups is 1. The fourth-order valence-electron chi connectivity index (χ4n) is 8.64. The molecular weight excluding hydrogens is 659 g/mol. The van der Waals surface area contributed by atoms with Crippen molar-refractivity contribution in [2.24, 2.45) is 9.98 Å². The second kappa shape index (κ2) is 12.1. The van der Waals surface area contributed by atoms with Gasteiger partial charge in [0.1, 0.15) is 11.2 Å². The van der Waals surface area contributed by atoms with Crippen LogP contribution in [0.3, 0.4) is 0 Å². The summed E-state index contributed by atoms with van der Waals surface area (Å²) in [7, 11) is 0. The Kier molecular flexibility index (Phi) is 6.93. The lowest BCUT2D eigenvalue weighted by Crippen LogP contribution is -2.11.